The highest BCUT2D eigenvalue weighted by molar-refractivity contribution is 5.78. The molecule has 0 aromatic rings. The van der Waals surface area contributed by atoms with Crippen LogP contribution in [0.5, 0.6) is 0 Å². The van der Waals surface area contributed by atoms with E-state index in [0.717, 1.165) is 12.8 Å². The van der Waals surface area contributed by atoms with E-state index in [4.69, 9.17) is 5.73 Å². The van der Waals surface area contributed by atoms with Crippen LogP contribution in [0.1, 0.15) is 39.5 Å². The van der Waals surface area contributed by atoms with Crippen LogP contribution in [-0.4, -0.2) is 18.5 Å². The molecule has 1 saturated carbocycles. The number of carbonyl (C=O) groups excluding carboxylic acids is 1. The molecule has 76 valence electrons. The first-order valence-corrected chi connectivity index (χ1v) is 5.03. The molecule has 1 unspecified atom stereocenters. The fraction of sp³-hybridized carbons (Fsp3) is 0.900. The molecule has 1 fully saturated rings. The van der Waals surface area contributed by atoms with Crippen molar-refractivity contribution in [2.24, 2.45) is 11.1 Å². The number of nitrogens with one attached hydrogen (secondary N) is 1. The Labute approximate surface area is 80.1 Å². The van der Waals surface area contributed by atoms with Crippen molar-refractivity contribution < 1.29 is 4.79 Å². The minimum Gasteiger partial charge on any atom is -0.352 e. The minimum absolute atomic E-state index is 0.0253. The van der Waals surface area contributed by atoms with Crippen molar-refractivity contribution in [3.63, 3.8) is 0 Å². The van der Waals surface area contributed by atoms with Gasteiger partial charge in [-0.15, -0.1) is 0 Å². The summed E-state index contributed by atoms with van der Waals surface area (Å²) in [7, 11) is 0. The van der Waals surface area contributed by atoms with Crippen molar-refractivity contribution in [1.82, 2.24) is 5.32 Å². The van der Waals surface area contributed by atoms with Crippen molar-refractivity contribution >= 4 is 5.91 Å². The van der Waals surface area contributed by atoms with Gasteiger partial charge in [0, 0.05) is 6.04 Å². The van der Waals surface area contributed by atoms with Gasteiger partial charge in [0.2, 0.25) is 5.91 Å². The molecule has 1 aliphatic rings. The second-order valence-corrected chi connectivity index (χ2v) is 4.73. The molecule has 0 heterocycles. The van der Waals surface area contributed by atoms with Crippen LogP contribution in [0.3, 0.4) is 0 Å². The highest BCUT2D eigenvalue weighted by atomic mass is 16.1. The van der Waals surface area contributed by atoms with Gasteiger partial charge < -0.3 is 11.1 Å². The second-order valence-electron chi connectivity index (χ2n) is 4.73. The number of hydrogen-bond acceptors (Lipinski definition) is 2. The molecule has 0 aromatic carbocycles. The molecule has 0 bridgehead atoms. The lowest BCUT2D eigenvalue weighted by atomic mass is 9.75. The van der Waals surface area contributed by atoms with Crippen LogP contribution in [0.4, 0.5) is 0 Å². The molecule has 1 atom stereocenters. The molecule has 0 saturated heterocycles. The highest BCUT2D eigenvalue weighted by Gasteiger charge is 2.28. The van der Waals surface area contributed by atoms with Crippen molar-refractivity contribution in [2.75, 3.05) is 6.54 Å². The number of hydrogen-bond donors (Lipinski definition) is 2. The fourth-order valence-electron chi connectivity index (χ4n) is 2.11. The molecule has 0 aliphatic heterocycles. The maximum atomic E-state index is 11.1. The summed E-state index contributed by atoms with van der Waals surface area (Å²) in [6.07, 6.45) is 4.67. The van der Waals surface area contributed by atoms with Gasteiger partial charge in [0.05, 0.1) is 6.54 Å². The largest absolute Gasteiger partial charge is 0.352 e. The Morgan fingerprint density at radius 1 is 1.62 bits per heavy atom. The topological polar surface area (TPSA) is 55.1 Å². The standard InChI is InChI=1S/C10H20N2O/c1-10(2)5-3-4-8(6-10)12-9(13)7-11/h8H,3-7,11H2,1-2H3,(H,12,13). The van der Waals surface area contributed by atoms with Gasteiger partial charge in [-0.05, 0) is 24.7 Å². The Bertz CT molecular complexity index is 189. The van der Waals surface area contributed by atoms with Crippen LogP contribution in [0.25, 0.3) is 0 Å². The molecule has 13 heavy (non-hydrogen) atoms. The first-order valence-electron chi connectivity index (χ1n) is 5.03. The van der Waals surface area contributed by atoms with Crippen LogP contribution < -0.4 is 11.1 Å². The summed E-state index contributed by atoms with van der Waals surface area (Å²) in [4.78, 5) is 11.1. The van der Waals surface area contributed by atoms with Crippen LogP contribution >= 0.6 is 0 Å². The summed E-state index contributed by atoms with van der Waals surface area (Å²) in [5.41, 5.74) is 5.62. The number of carbonyl (C=O) groups is 1. The second kappa shape index (κ2) is 4.09. The molecular formula is C10H20N2O. The van der Waals surface area contributed by atoms with E-state index < -0.39 is 0 Å². The molecule has 0 aromatic heterocycles. The van der Waals surface area contributed by atoms with Crippen molar-refractivity contribution in [3.8, 4) is 0 Å². The number of amides is 1. The fourth-order valence-corrected chi connectivity index (χ4v) is 2.11. The Hall–Kier alpha value is -0.570. The molecule has 1 aliphatic carbocycles. The minimum atomic E-state index is -0.0253. The van der Waals surface area contributed by atoms with Gasteiger partial charge in [0.15, 0.2) is 0 Å². The Morgan fingerprint density at radius 2 is 2.31 bits per heavy atom. The normalized spacial score (nSPS) is 26.8. The zero-order valence-corrected chi connectivity index (χ0v) is 8.60. The van der Waals surface area contributed by atoms with Gasteiger partial charge in [0.1, 0.15) is 0 Å². The van der Waals surface area contributed by atoms with Gasteiger partial charge in [-0.25, -0.2) is 0 Å². The van der Waals surface area contributed by atoms with E-state index in [0.29, 0.717) is 11.5 Å². The summed E-state index contributed by atoms with van der Waals surface area (Å²) in [6, 6.07) is 0.347. The summed E-state index contributed by atoms with van der Waals surface area (Å²) in [5, 5.41) is 2.96. The summed E-state index contributed by atoms with van der Waals surface area (Å²) in [6.45, 7) is 4.62. The Kier molecular flexibility index (Phi) is 3.31. The predicted molar refractivity (Wildman–Crippen MR) is 53.2 cm³/mol. The lowest BCUT2D eigenvalue weighted by Gasteiger charge is -2.35. The smallest absolute Gasteiger partial charge is 0.233 e. The lowest BCUT2D eigenvalue weighted by Crippen LogP contribution is -2.43. The average molecular weight is 184 g/mol. The first-order chi connectivity index (χ1) is 6.03. The van der Waals surface area contributed by atoms with Crippen molar-refractivity contribution in [1.29, 1.82) is 0 Å². The van der Waals surface area contributed by atoms with Crippen LogP contribution in [0.2, 0.25) is 0 Å². The van der Waals surface area contributed by atoms with E-state index in [1.54, 1.807) is 0 Å². The first kappa shape index (κ1) is 10.5. The number of rotatable bonds is 2. The quantitative estimate of drug-likeness (QED) is 0.673. The van der Waals surface area contributed by atoms with Gasteiger partial charge in [0.25, 0.3) is 0 Å². The monoisotopic (exact) mass is 184 g/mol. The lowest BCUT2D eigenvalue weighted by molar-refractivity contribution is -0.120. The van der Waals surface area contributed by atoms with Crippen molar-refractivity contribution in [2.45, 2.75) is 45.6 Å². The molecule has 1 rings (SSSR count). The maximum Gasteiger partial charge on any atom is 0.233 e. The van der Waals surface area contributed by atoms with Crippen LogP contribution in [0, 0.1) is 5.41 Å². The zero-order valence-electron chi connectivity index (χ0n) is 8.60. The molecule has 3 N–H and O–H groups in total. The van der Waals surface area contributed by atoms with E-state index in [9.17, 15) is 4.79 Å². The van der Waals surface area contributed by atoms with Gasteiger partial charge in [-0.3, -0.25) is 4.79 Å². The Morgan fingerprint density at radius 3 is 2.85 bits per heavy atom. The SMILES string of the molecule is CC1(C)CCCC(NC(=O)CN)C1. The van der Waals surface area contributed by atoms with E-state index in [1.165, 1.54) is 12.8 Å². The molecule has 0 spiro atoms. The predicted octanol–water partition coefficient (Wildman–Crippen LogP) is 1.03. The third kappa shape index (κ3) is 3.35. The molecular weight excluding hydrogens is 164 g/mol. The van der Waals surface area contributed by atoms with E-state index in [2.05, 4.69) is 19.2 Å². The molecule has 1 amide bonds. The van der Waals surface area contributed by atoms with E-state index in [1.807, 2.05) is 0 Å². The third-order valence-electron chi connectivity index (χ3n) is 2.76. The molecule has 3 heteroatoms. The third-order valence-corrected chi connectivity index (χ3v) is 2.76. The van der Waals surface area contributed by atoms with E-state index in [-0.39, 0.29) is 12.5 Å². The van der Waals surface area contributed by atoms with Gasteiger partial charge in [-0.1, -0.05) is 20.3 Å². The Balaban J connectivity index is 2.39. The maximum absolute atomic E-state index is 11.1. The van der Waals surface area contributed by atoms with Gasteiger partial charge >= 0.3 is 0 Å². The number of nitrogens with two attached hydrogens (primary N) is 1. The molecule has 3 nitrogen and oxygen atoms in total. The van der Waals surface area contributed by atoms with Crippen molar-refractivity contribution in [3.05, 3.63) is 0 Å². The van der Waals surface area contributed by atoms with Gasteiger partial charge in [-0.2, -0.15) is 0 Å². The zero-order chi connectivity index (χ0) is 9.90. The summed E-state index contributed by atoms with van der Waals surface area (Å²) >= 11 is 0. The average Bonchev–Trinajstić information content (AvgIpc) is 2.02. The van der Waals surface area contributed by atoms with Crippen LogP contribution in [0.15, 0.2) is 0 Å². The highest BCUT2D eigenvalue weighted by Crippen LogP contribution is 2.34. The van der Waals surface area contributed by atoms with E-state index >= 15 is 0 Å². The summed E-state index contributed by atoms with van der Waals surface area (Å²) < 4.78 is 0. The molecule has 0 radical (unpaired) electrons. The van der Waals surface area contributed by atoms with Crippen LogP contribution in [-0.2, 0) is 4.79 Å². The summed E-state index contributed by atoms with van der Waals surface area (Å²) in [5.74, 6) is -0.0253.